The number of carbonyl (C=O) groups excluding carboxylic acids is 2. The number of amides is 2. The van der Waals surface area contributed by atoms with Crippen molar-refractivity contribution in [2.45, 2.75) is 13.5 Å². The summed E-state index contributed by atoms with van der Waals surface area (Å²) in [6, 6.07) is 32.1. The molecule has 0 bridgehead atoms. The standard InChI is InChI=1S/C33H27FN4O2/c1-23-12-14-26(15-13-23)32(39)36-30(33(40)35-21-24-8-4-2-5-9-24)20-27-22-38(29-10-6-3-7-11-29)37-31(27)25-16-18-28(34)19-17-25/h2-20,22H,21H2,1H3,(H,35,40)(H,36,39). The van der Waals surface area contributed by atoms with E-state index in [1.807, 2.05) is 79.7 Å². The number of rotatable bonds is 8. The third-order valence-electron chi connectivity index (χ3n) is 6.28. The molecule has 0 saturated heterocycles. The lowest BCUT2D eigenvalue weighted by Gasteiger charge is -2.12. The zero-order valence-corrected chi connectivity index (χ0v) is 21.8. The van der Waals surface area contributed by atoms with Crippen LogP contribution < -0.4 is 10.6 Å². The molecule has 0 atom stereocenters. The van der Waals surface area contributed by atoms with Gasteiger partial charge in [0.15, 0.2) is 0 Å². The highest BCUT2D eigenvalue weighted by Gasteiger charge is 2.18. The number of para-hydroxylation sites is 1. The molecule has 5 aromatic rings. The van der Waals surface area contributed by atoms with Gasteiger partial charge in [0, 0.05) is 29.4 Å². The van der Waals surface area contributed by atoms with Gasteiger partial charge < -0.3 is 10.6 Å². The maximum absolute atomic E-state index is 13.7. The second-order valence-corrected chi connectivity index (χ2v) is 9.27. The van der Waals surface area contributed by atoms with Gasteiger partial charge in [-0.2, -0.15) is 5.10 Å². The lowest BCUT2D eigenvalue weighted by atomic mass is 10.1. The Labute approximate surface area is 231 Å². The summed E-state index contributed by atoms with van der Waals surface area (Å²) in [6.07, 6.45) is 3.37. The molecule has 40 heavy (non-hydrogen) atoms. The van der Waals surface area contributed by atoms with Gasteiger partial charge in [-0.15, -0.1) is 0 Å². The molecule has 0 radical (unpaired) electrons. The van der Waals surface area contributed by atoms with E-state index in [1.54, 1.807) is 41.2 Å². The highest BCUT2D eigenvalue weighted by atomic mass is 19.1. The monoisotopic (exact) mass is 530 g/mol. The van der Waals surface area contributed by atoms with E-state index < -0.39 is 11.8 Å². The molecule has 2 amide bonds. The van der Waals surface area contributed by atoms with Gasteiger partial charge in [-0.1, -0.05) is 66.2 Å². The van der Waals surface area contributed by atoms with Crippen molar-refractivity contribution in [2.24, 2.45) is 0 Å². The first kappa shape index (κ1) is 26.3. The quantitative estimate of drug-likeness (QED) is 0.239. The van der Waals surface area contributed by atoms with Crippen LogP contribution in [0.25, 0.3) is 23.0 Å². The van der Waals surface area contributed by atoms with Crippen LogP contribution in [-0.2, 0) is 11.3 Å². The zero-order valence-electron chi connectivity index (χ0n) is 21.8. The number of nitrogens with one attached hydrogen (secondary N) is 2. The van der Waals surface area contributed by atoms with Crippen LogP contribution >= 0.6 is 0 Å². The molecule has 1 heterocycles. The molecule has 0 aliphatic rings. The van der Waals surface area contributed by atoms with Crippen LogP contribution in [0.1, 0.15) is 27.0 Å². The van der Waals surface area contributed by atoms with Crippen LogP contribution in [0.15, 0.2) is 121 Å². The Kier molecular flexibility index (Phi) is 7.92. The van der Waals surface area contributed by atoms with E-state index in [2.05, 4.69) is 10.6 Å². The van der Waals surface area contributed by atoms with E-state index >= 15 is 0 Å². The first-order valence-corrected chi connectivity index (χ1v) is 12.8. The zero-order chi connectivity index (χ0) is 27.9. The van der Waals surface area contributed by atoms with Crippen molar-refractivity contribution < 1.29 is 14.0 Å². The van der Waals surface area contributed by atoms with Crippen LogP contribution in [0.4, 0.5) is 4.39 Å². The number of aromatic nitrogens is 2. The highest BCUT2D eigenvalue weighted by Crippen LogP contribution is 2.26. The number of aryl methyl sites for hydroxylation is 1. The Morgan fingerprint density at radius 1 is 0.850 bits per heavy atom. The minimum atomic E-state index is -0.457. The van der Waals surface area contributed by atoms with E-state index in [9.17, 15) is 14.0 Å². The summed E-state index contributed by atoms with van der Waals surface area (Å²) in [5, 5.41) is 10.4. The maximum Gasteiger partial charge on any atom is 0.268 e. The van der Waals surface area contributed by atoms with Crippen LogP contribution in [0, 0.1) is 12.7 Å². The van der Waals surface area contributed by atoms with Gasteiger partial charge in [-0.25, -0.2) is 9.07 Å². The Hall–Kier alpha value is -5.30. The van der Waals surface area contributed by atoms with Crippen LogP contribution in [-0.4, -0.2) is 21.6 Å². The third kappa shape index (κ3) is 6.39. The van der Waals surface area contributed by atoms with Gasteiger partial charge in [0.2, 0.25) is 0 Å². The minimum absolute atomic E-state index is 0.0532. The molecule has 0 unspecified atom stereocenters. The van der Waals surface area contributed by atoms with E-state index in [-0.39, 0.29) is 18.1 Å². The fourth-order valence-corrected chi connectivity index (χ4v) is 4.12. The average Bonchev–Trinajstić information content (AvgIpc) is 3.41. The molecule has 0 fully saturated rings. The Morgan fingerprint density at radius 3 is 2.17 bits per heavy atom. The SMILES string of the molecule is Cc1ccc(C(=O)NC(=Cc2cn(-c3ccccc3)nc2-c2ccc(F)cc2)C(=O)NCc2ccccc2)cc1. The molecular formula is C33H27FN4O2. The topological polar surface area (TPSA) is 76.0 Å². The molecule has 0 spiro atoms. The first-order chi connectivity index (χ1) is 19.5. The third-order valence-corrected chi connectivity index (χ3v) is 6.28. The van der Waals surface area contributed by atoms with Crippen molar-refractivity contribution >= 4 is 17.9 Å². The van der Waals surface area contributed by atoms with Gasteiger partial charge in [-0.3, -0.25) is 9.59 Å². The molecule has 6 nitrogen and oxygen atoms in total. The summed E-state index contributed by atoms with van der Waals surface area (Å²) in [5.74, 6) is -1.24. The summed E-state index contributed by atoms with van der Waals surface area (Å²) in [5.41, 5.74) is 4.99. The lowest BCUT2D eigenvalue weighted by Crippen LogP contribution is -2.34. The van der Waals surface area contributed by atoms with Crippen molar-refractivity contribution in [3.63, 3.8) is 0 Å². The predicted molar refractivity (Wildman–Crippen MR) is 154 cm³/mol. The van der Waals surface area contributed by atoms with Gasteiger partial charge in [0.1, 0.15) is 17.2 Å². The number of nitrogens with zero attached hydrogens (tertiary/aromatic N) is 2. The summed E-state index contributed by atoms with van der Waals surface area (Å²) in [6.45, 7) is 2.22. The Bertz CT molecular complexity index is 1640. The number of benzene rings is 4. The fourth-order valence-electron chi connectivity index (χ4n) is 4.12. The predicted octanol–water partition coefficient (Wildman–Crippen LogP) is 6.07. The summed E-state index contributed by atoms with van der Waals surface area (Å²) in [7, 11) is 0. The van der Waals surface area contributed by atoms with Crippen molar-refractivity contribution in [3.8, 4) is 16.9 Å². The maximum atomic E-state index is 13.7. The normalized spacial score (nSPS) is 11.2. The van der Waals surface area contributed by atoms with Crippen LogP contribution in [0.2, 0.25) is 0 Å². The summed E-state index contributed by atoms with van der Waals surface area (Å²) >= 11 is 0. The average molecular weight is 531 g/mol. The smallest absolute Gasteiger partial charge is 0.268 e. The second-order valence-electron chi connectivity index (χ2n) is 9.27. The lowest BCUT2D eigenvalue weighted by molar-refractivity contribution is -0.117. The van der Waals surface area contributed by atoms with Gasteiger partial charge >= 0.3 is 0 Å². The van der Waals surface area contributed by atoms with Crippen molar-refractivity contribution in [1.82, 2.24) is 20.4 Å². The molecule has 0 aliphatic carbocycles. The molecule has 0 aliphatic heterocycles. The van der Waals surface area contributed by atoms with Crippen LogP contribution in [0.3, 0.4) is 0 Å². The van der Waals surface area contributed by atoms with E-state index in [0.29, 0.717) is 22.4 Å². The highest BCUT2D eigenvalue weighted by molar-refractivity contribution is 6.05. The number of carbonyl (C=O) groups is 2. The second kappa shape index (κ2) is 12.0. The molecule has 7 heteroatoms. The number of hydrogen-bond acceptors (Lipinski definition) is 3. The van der Waals surface area contributed by atoms with Crippen molar-refractivity contribution in [2.75, 3.05) is 0 Å². The van der Waals surface area contributed by atoms with E-state index in [0.717, 1.165) is 16.8 Å². The molecule has 5 rings (SSSR count). The molecule has 1 aromatic heterocycles. The number of hydrogen-bond donors (Lipinski definition) is 2. The molecular weight excluding hydrogens is 503 g/mol. The van der Waals surface area contributed by atoms with E-state index in [4.69, 9.17) is 5.10 Å². The van der Waals surface area contributed by atoms with Gasteiger partial charge in [0.25, 0.3) is 11.8 Å². The first-order valence-electron chi connectivity index (χ1n) is 12.8. The summed E-state index contributed by atoms with van der Waals surface area (Å²) < 4.78 is 15.4. The summed E-state index contributed by atoms with van der Waals surface area (Å²) in [4.78, 5) is 26.6. The largest absolute Gasteiger partial charge is 0.347 e. The van der Waals surface area contributed by atoms with Gasteiger partial charge in [0.05, 0.1) is 5.69 Å². The number of halogens is 1. The van der Waals surface area contributed by atoms with E-state index in [1.165, 1.54) is 12.1 Å². The van der Waals surface area contributed by atoms with Crippen molar-refractivity contribution in [3.05, 3.63) is 149 Å². The fraction of sp³-hybridized carbons (Fsp3) is 0.0606. The minimum Gasteiger partial charge on any atom is -0.347 e. The molecule has 0 saturated carbocycles. The molecule has 198 valence electrons. The van der Waals surface area contributed by atoms with Crippen LogP contribution in [0.5, 0.6) is 0 Å². The molecule has 4 aromatic carbocycles. The Balaban J connectivity index is 1.55. The van der Waals surface area contributed by atoms with Gasteiger partial charge in [-0.05, 0) is 67.1 Å². The molecule has 2 N–H and O–H groups in total. The van der Waals surface area contributed by atoms with Crippen molar-refractivity contribution in [1.29, 1.82) is 0 Å². The Morgan fingerprint density at radius 2 is 1.50 bits per heavy atom.